The zero-order valence-corrected chi connectivity index (χ0v) is 28.2. The molecular weight excluding hydrogens is 678 g/mol. The first-order valence-corrected chi connectivity index (χ1v) is 17.8. The molecule has 0 aliphatic heterocycles. The minimum atomic E-state index is -5.08. The van der Waals surface area contributed by atoms with E-state index in [9.17, 15) is 37.5 Å². The van der Waals surface area contributed by atoms with E-state index in [0.29, 0.717) is 12.2 Å². The van der Waals surface area contributed by atoms with Gasteiger partial charge >= 0.3 is 30.2 Å². The van der Waals surface area contributed by atoms with Gasteiger partial charge in [-0.25, -0.2) is 19.3 Å². The highest BCUT2D eigenvalue weighted by atomic mass is 33.1. The fourth-order valence-electron chi connectivity index (χ4n) is 3.17. The summed E-state index contributed by atoms with van der Waals surface area (Å²) in [5, 5.41) is 20.5. The van der Waals surface area contributed by atoms with E-state index >= 15 is 0 Å². The summed E-state index contributed by atoms with van der Waals surface area (Å²) < 4.78 is 46.4. The average Bonchev–Trinajstić information content (AvgIpc) is 2.99. The number of hydrogen-bond donors (Lipinski definition) is 3. The maximum Gasteiger partial charge on any atom is 0.490 e. The van der Waals surface area contributed by atoms with Crippen LogP contribution in [0.1, 0.15) is 32.3 Å². The molecule has 2 unspecified atom stereocenters. The highest BCUT2D eigenvalue weighted by Gasteiger charge is 2.38. The van der Waals surface area contributed by atoms with Gasteiger partial charge in [0.25, 0.3) is 0 Å². The number of aliphatic carboxylic acids is 1. The van der Waals surface area contributed by atoms with Gasteiger partial charge in [0.2, 0.25) is 5.91 Å². The smallest absolute Gasteiger partial charge is 0.475 e. The number of esters is 2. The van der Waals surface area contributed by atoms with Crippen molar-refractivity contribution in [2.75, 3.05) is 56.5 Å². The van der Waals surface area contributed by atoms with Gasteiger partial charge in [0, 0.05) is 19.1 Å². The number of benzene rings is 1. The van der Waals surface area contributed by atoms with Crippen molar-refractivity contribution in [2.45, 2.75) is 45.4 Å². The van der Waals surface area contributed by atoms with Crippen LogP contribution in [0.25, 0.3) is 0 Å². The van der Waals surface area contributed by atoms with Crippen LogP contribution in [0.3, 0.4) is 0 Å². The van der Waals surface area contributed by atoms with Crippen molar-refractivity contribution in [3.8, 4) is 0 Å². The van der Waals surface area contributed by atoms with Crippen molar-refractivity contribution in [3.63, 3.8) is 0 Å². The molecule has 1 aromatic carbocycles. The fourth-order valence-corrected chi connectivity index (χ4v) is 5.71. The Morgan fingerprint density at radius 2 is 1.63 bits per heavy atom. The molecular formula is C28H41F3N2O10S3. The minimum Gasteiger partial charge on any atom is -0.475 e. The van der Waals surface area contributed by atoms with Crippen LogP contribution in [-0.2, 0) is 39.8 Å². The van der Waals surface area contributed by atoms with Crippen LogP contribution in [0.15, 0.2) is 30.3 Å². The topological polar surface area (TPSA) is 169 Å². The molecule has 12 nitrogen and oxygen atoms in total. The second kappa shape index (κ2) is 25.4. The Hall–Kier alpha value is -2.67. The van der Waals surface area contributed by atoms with Gasteiger partial charge in [0.1, 0.15) is 0 Å². The Kier molecular flexibility index (Phi) is 23.9. The van der Waals surface area contributed by atoms with E-state index in [2.05, 4.69) is 16.3 Å². The van der Waals surface area contributed by atoms with Gasteiger partial charge in [-0.2, -0.15) is 24.9 Å². The summed E-state index contributed by atoms with van der Waals surface area (Å²) >= 11 is 1.81. The van der Waals surface area contributed by atoms with Crippen LogP contribution in [0.2, 0.25) is 0 Å². The molecule has 0 saturated carbocycles. The van der Waals surface area contributed by atoms with Gasteiger partial charge < -0.3 is 29.7 Å². The number of imide groups is 1. The van der Waals surface area contributed by atoms with Gasteiger partial charge in [0.05, 0.1) is 37.7 Å². The van der Waals surface area contributed by atoms with Crippen molar-refractivity contribution in [3.05, 3.63) is 35.9 Å². The number of nitrogens with one attached hydrogen (secondary N) is 1. The number of aliphatic hydroxyl groups excluding tert-OH is 1. The summed E-state index contributed by atoms with van der Waals surface area (Å²) in [6, 6.07) is 9.58. The normalized spacial score (nSPS) is 12.2. The molecule has 262 valence electrons. The summed E-state index contributed by atoms with van der Waals surface area (Å²) in [6.45, 7) is 2.78. The summed E-state index contributed by atoms with van der Waals surface area (Å²) in [7, 11) is 3.18. The second-order valence-corrected chi connectivity index (χ2v) is 12.8. The second-order valence-electron chi connectivity index (χ2n) is 9.35. The van der Waals surface area contributed by atoms with E-state index in [-0.39, 0.29) is 26.2 Å². The van der Waals surface area contributed by atoms with E-state index in [1.807, 2.05) is 42.1 Å². The number of carbonyl (C=O) groups excluding carboxylic acids is 4. The molecule has 0 aliphatic carbocycles. The molecule has 0 aliphatic rings. The van der Waals surface area contributed by atoms with Crippen LogP contribution >= 0.6 is 33.3 Å². The Labute approximate surface area is 278 Å². The first-order valence-electron chi connectivity index (χ1n) is 13.9. The van der Waals surface area contributed by atoms with E-state index in [4.69, 9.17) is 19.4 Å². The maximum absolute atomic E-state index is 13.5. The molecule has 0 heterocycles. The molecule has 3 N–H and O–H groups in total. The van der Waals surface area contributed by atoms with Gasteiger partial charge in [0.15, 0.2) is 6.61 Å². The van der Waals surface area contributed by atoms with Gasteiger partial charge in [-0.15, -0.1) is 0 Å². The molecule has 46 heavy (non-hydrogen) atoms. The number of ether oxygens (including phenoxy) is 3. The zero-order chi connectivity index (χ0) is 35.0. The lowest BCUT2D eigenvalue weighted by Gasteiger charge is -2.26. The van der Waals surface area contributed by atoms with E-state index in [1.165, 1.54) is 13.8 Å². The largest absolute Gasteiger partial charge is 0.490 e. The van der Waals surface area contributed by atoms with Crippen LogP contribution < -0.4 is 5.32 Å². The zero-order valence-electron chi connectivity index (χ0n) is 25.8. The lowest BCUT2D eigenvalue weighted by atomic mass is 9.99. The number of thioether (sulfide) groups is 1. The molecule has 0 fully saturated rings. The molecule has 0 aromatic heterocycles. The number of halogens is 3. The van der Waals surface area contributed by atoms with Gasteiger partial charge in [-0.1, -0.05) is 51.9 Å². The number of carboxylic acid groups (broad SMARTS) is 1. The molecule has 2 atom stereocenters. The van der Waals surface area contributed by atoms with E-state index in [0.717, 1.165) is 35.1 Å². The summed E-state index contributed by atoms with van der Waals surface area (Å²) in [5.74, 6) is -2.65. The summed E-state index contributed by atoms with van der Waals surface area (Å²) in [4.78, 5) is 58.4. The Balaban J connectivity index is 0.00000258. The van der Waals surface area contributed by atoms with Crippen molar-refractivity contribution in [1.82, 2.24) is 10.2 Å². The summed E-state index contributed by atoms with van der Waals surface area (Å²) in [5.41, 5.74) is 0.970. The number of amides is 2. The SMILES string of the molecule is CSCCCNCSSCC(Cc1ccccc1)C(=O)N(CC(C)O)C(=O)OCCCOC(=O)COC(C)=O.O=C(O)C(F)(F)F. The van der Waals surface area contributed by atoms with Crippen molar-refractivity contribution in [1.29, 1.82) is 0 Å². The Morgan fingerprint density at radius 1 is 1.00 bits per heavy atom. The van der Waals surface area contributed by atoms with Crippen molar-refractivity contribution < 1.29 is 61.6 Å². The van der Waals surface area contributed by atoms with Crippen LogP contribution in [0, 0.1) is 5.92 Å². The van der Waals surface area contributed by atoms with Gasteiger partial charge in [-0.3, -0.25) is 9.59 Å². The quantitative estimate of drug-likeness (QED) is 0.0582. The number of rotatable bonds is 20. The lowest BCUT2D eigenvalue weighted by Crippen LogP contribution is -2.45. The summed E-state index contributed by atoms with van der Waals surface area (Å²) in [6.07, 6.45) is -3.08. The number of carboxylic acids is 1. The monoisotopic (exact) mass is 718 g/mol. The first-order chi connectivity index (χ1) is 21.7. The Morgan fingerprint density at radius 3 is 2.20 bits per heavy atom. The van der Waals surface area contributed by atoms with E-state index < -0.39 is 54.7 Å². The van der Waals surface area contributed by atoms with Crippen molar-refractivity contribution in [2.24, 2.45) is 5.92 Å². The average molecular weight is 719 g/mol. The highest BCUT2D eigenvalue weighted by Crippen LogP contribution is 2.26. The predicted octanol–water partition coefficient (Wildman–Crippen LogP) is 4.00. The molecule has 0 radical (unpaired) electrons. The minimum absolute atomic E-state index is 0.0481. The standard InChI is InChI=1S/C26H40N2O8S3.C2HF3O2/c1-20(29)16-28(26(33)35-13-8-12-34-24(31)17-36-21(2)30)25(32)23(15-22-9-5-4-6-10-22)18-38-39-19-27-11-7-14-37-3;3-2(4,5)1(6)7/h4-6,9-10,20,23,27,29H,7-8,11-19H2,1-3H3;(H,6,7). The van der Waals surface area contributed by atoms with Crippen LogP contribution in [0.4, 0.5) is 18.0 Å². The third-order valence-electron chi connectivity index (χ3n) is 5.24. The third kappa shape index (κ3) is 22.8. The molecule has 0 bridgehead atoms. The van der Waals surface area contributed by atoms with Crippen molar-refractivity contribution >= 4 is 63.3 Å². The predicted molar refractivity (Wildman–Crippen MR) is 170 cm³/mol. The highest BCUT2D eigenvalue weighted by molar-refractivity contribution is 8.76. The first kappa shape index (κ1) is 43.3. The number of nitrogens with zero attached hydrogens (tertiary/aromatic N) is 1. The number of hydrogen-bond acceptors (Lipinski definition) is 13. The number of alkyl halides is 3. The molecule has 2 amide bonds. The molecule has 0 spiro atoms. The van der Waals surface area contributed by atoms with E-state index in [1.54, 1.807) is 21.6 Å². The number of aliphatic hydroxyl groups is 1. The fraction of sp³-hybridized carbons (Fsp3) is 0.607. The molecule has 18 heteroatoms. The Bertz CT molecular complexity index is 1050. The molecule has 0 saturated heterocycles. The lowest BCUT2D eigenvalue weighted by molar-refractivity contribution is -0.192. The van der Waals surface area contributed by atoms with Crippen LogP contribution in [-0.4, -0.2) is 114 Å². The third-order valence-corrected chi connectivity index (χ3v) is 8.22. The van der Waals surface area contributed by atoms with Gasteiger partial charge in [-0.05, 0) is 43.9 Å². The maximum atomic E-state index is 13.5. The molecule has 1 rings (SSSR count). The van der Waals surface area contributed by atoms with Crippen LogP contribution in [0.5, 0.6) is 0 Å². The molecule has 1 aromatic rings. The number of carbonyl (C=O) groups is 5.